The second kappa shape index (κ2) is 10.3. The summed E-state index contributed by atoms with van der Waals surface area (Å²) in [5.41, 5.74) is 4.10. The van der Waals surface area contributed by atoms with Crippen LogP contribution in [0.2, 0.25) is 0 Å². The number of aromatic hydroxyl groups is 3. The second-order valence-electron chi connectivity index (χ2n) is 10.0. The molecule has 0 aromatic heterocycles. The zero-order chi connectivity index (χ0) is 28.8. The Bertz CT molecular complexity index is 1290. The van der Waals surface area contributed by atoms with Crippen molar-refractivity contribution in [3.05, 3.63) is 88.0 Å². The molecule has 9 nitrogen and oxygen atoms in total. The first-order valence-corrected chi connectivity index (χ1v) is 12.7. The lowest BCUT2D eigenvalue weighted by Crippen LogP contribution is -2.20. The van der Waals surface area contributed by atoms with E-state index in [4.69, 9.17) is 0 Å². The molecule has 0 saturated carbocycles. The highest BCUT2D eigenvalue weighted by Gasteiger charge is 2.35. The molecule has 6 rings (SSSR count). The van der Waals surface area contributed by atoms with Gasteiger partial charge in [0.05, 0.1) is 34.8 Å². The summed E-state index contributed by atoms with van der Waals surface area (Å²) in [6.07, 6.45) is 0. The van der Waals surface area contributed by atoms with Crippen LogP contribution < -0.4 is 0 Å². The fourth-order valence-electron chi connectivity index (χ4n) is 5.10. The standard InChI is InChI=1S/3C10H11NO2/c3*1-6-7-4-3-5-8(12)9(7)10(13)11(6)2/h3*3-6,12H,1-2H3/t2*6-;/m10./s1. The maximum atomic E-state index is 11.6. The Kier molecular flexibility index (Phi) is 7.28. The minimum atomic E-state index is -0.0967. The van der Waals surface area contributed by atoms with Gasteiger partial charge in [-0.25, -0.2) is 0 Å². The maximum Gasteiger partial charge on any atom is 0.258 e. The number of hydrogen-bond acceptors (Lipinski definition) is 6. The molecule has 3 amide bonds. The Morgan fingerprint density at radius 2 is 0.718 bits per heavy atom. The van der Waals surface area contributed by atoms with Gasteiger partial charge < -0.3 is 30.0 Å². The molecule has 3 aliphatic heterocycles. The van der Waals surface area contributed by atoms with E-state index in [1.165, 1.54) is 0 Å². The monoisotopic (exact) mass is 531 g/mol. The quantitative estimate of drug-likeness (QED) is 0.389. The van der Waals surface area contributed by atoms with Gasteiger partial charge in [-0.1, -0.05) is 36.4 Å². The van der Waals surface area contributed by atoms with E-state index in [1.54, 1.807) is 72.2 Å². The van der Waals surface area contributed by atoms with Gasteiger partial charge in [0, 0.05) is 21.1 Å². The normalized spacial score (nSPS) is 20.6. The summed E-state index contributed by atoms with van der Waals surface area (Å²) >= 11 is 0. The van der Waals surface area contributed by atoms with E-state index in [9.17, 15) is 29.7 Å². The van der Waals surface area contributed by atoms with Crippen LogP contribution in [0.25, 0.3) is 0 Å². The Morgan fingerprint density at radius 1 is 0.487 bits per heavy atom. The average Bonchev–Trinajstić information content (AvgIpc) is 3.39. The van der Waals surface area contributed by atoms with Crippen LogP contribution in [0.15, 0.2) is 54.6 Å². The van der Waals surface area contributed by atoms with Crippen molar-refractivity contribution >= 4 is 17.7 Å². The molecule has 3 aromatic rings. The molecule has 0 bridgehead atoms. The third-order valence-corrected chi connectivity index (χ3v) is 7.92. The van der Waals surface area contributed by atoms with Crippen LogP contribution in [-0.2, 0) is 0 Å². The van der Waals surface area contributed by atoms with E-state index >= 15 is 0 Å². The number of hydrogen-bond donors (Lipinski definition) is 3. The van der Waals surface area contributed by atoms with Crippen molar-refractivity contribution in [1.82, 2.24) is 14.7 Å². The molecule has 0 fully saturated rings. The smallest absolute Gasteiger partial charge is 0.258 e. The van der Waals surface area contributed by atoms with Gasteiger partial charge in [0.15, 0.2) is 0 Å². The number of carbonyl (C=O) groups excluding carboxylic acids is 3. The minimum Gasteiger partial charge on any atom is -0.507 e. The molecular formula is C30H33N3O6. The third kappa shape index (κ3) is 4.54. The molecule has 0 saturated heterocycles. The predicted molar refractivity (Wildman–Crippen MR) is 146 cm³/mol. The number of phenols is 3. The molecule has 0 aliphatic carbocycles. The van der Waals surface area contributed by atoms with Crippen LogP contribution in [0, 0.1) is 0 Å². The Morgan fingerprint density at radius 3 is 0.923 bits per heavy atom. The number of fused-ring (bicyclic) bond motifs is 3. The van der Waals surface area contributed by atoms with Crippen LogP contribution in [-0.4, -0.2) is 68.9 Å². The van der Waals surface area contributed by atoms with Crippen molar-refractivity contribution in [2.24, 2.45) is 0 Å². The van der Waals surface area contributed by atoms with Gasteiger partial charge in [0.1, 0.15) is 17.2 Å². The zero-order valence-corrected chi connectivity index (χ0v) is 22.8. The fourth-order valence-corrected chi connectivity index (χ4v) is 5.10. The van der Waals surface area contributed by atoms with Crippen LogP contribution >= 0.6 is 0 Å². The minimum absolute atomic E-state index is 0.0644. The van der Waals surface area contributed by atoms with Crippen LogP contribution in [0.3, 0.4) is 0 Å². The highest BCUT2D eigenvalue weighted by Crippen LogP contribution is 2.38. The van der Waals surface area contributed by atoms with E-state index in [1.807, 2.05) is 39.0 Å². The highest BCUT2D eigenvalue weighted by molar-refractivity contribution is 6.02. The summed E-state index contributed by atoms with van der Waals surface area (Å²) in [5, 5.41) is 28.5. The predicted octanol–water partition coefficient (Wildman–Crippen LogP) is 4.62. The number of nitrogens with zero attached hydrogens (tertiary/aromatic N) is 3. The van der Waals surface area contributed by atoms with Crippen LogP contribution in [0.5, 0.6) is 17.2 Å². The summed E-state index contributed by atoms with van der Waals surface area (Å²) in [6, 6.07) is 15.7. The van der Waals surface area contributed by atoms with Crippen molar-refractivity contribution in [1.29, 1.82) is 0 Å². The summed E-state index contributed by atoms with van der Waals surface area (Å²) in [6.45, 7) is 5.84. The van der Waals surface area contributed by atoms with Crippen molar-refractivity contribution in [3.8, 4) is 17.2 Å². The van der Waals surface area contributed by atoms with E-state index in [0.717, 1.165) is 16.7 Å². The molecule has 39 heavy (non-hydrogen) atoms. The number of benzene rings is 3. The van der Waals surface area contributed by atoms with Crippen molar-refractivity contribution < 1.29 is 29.7 Å². The van der Waals surface area contributed by atoms with E-state index in [0.29, 0.717) is 16.7 Å². The van der Waals surface area contributed by atoms with Crippen molar-refractivity contribution in [3.63, 3.8) is 0 Å². The first-order chi connectivity index (χ1) is 18.4. The molecule has 0 radical (unpaired) electrons. The van der Waals surface area contributed by atoms with Gasteiger partial charge in [-0.05, 0) is 55.7 Å². The average molecular weight is 532 g/mol. The Balaban J connectivity index is 0.000000136. The first-order valence-electron chi connectivity index (χ1n) is 12.7. The molecule has 1 unspecified atom stereocenters. The van der Waals surface area contributed by atoms with E-state index in [2.05, 4.69) is 0 Å². The number of carbonyl (C=O) groups is 3. The van der Waals surface area contributed by atoms with Crippen LogP contribution in [0.4, 0.5) is 0 Å². The zero-order valence-electron chi connectivity index (χ0n) is 22.8. The first kappa shape index (κ1) is 27.5. The third-order valence-electron chi connectivity index (χ3n) is 7.92. The fraction of sp³-hybridized carbons (Fsp3) is 0.300. The van der Waals surface area contributed by atoms with E-state index in [-0.39, 0.29) is 53.1 Å². The SMILES string of the molecule is CC1c2cccc(O)c2C(=O)N1C.C[C@@H]1c2cccc(O)c2C(=O)N1C.C[C@H]1c2cccc(O)c2C(=O)N1C. The topological polar surface area (TPSA) is 122 Å². The van der Waals surface area contributed by atoms with E-state index < -0.39 is 0 Å². The summed E-state index contributed by atoms with van der Waals surface area (Å²) in [5.74, 6) is -0.0436. The Labute approximate surface area is 227 Å². The molecule has 0 spiro atoms. The molecular weight excluding hydrogens is 498 g/mol. The van der Waals surface area contributed by atoms with Gasteiger partial charge in [0.25, 0.3) is 17.7 Å². The number of rotatable bonds is 0. The van der Waals surface area contributed by atoms with Crippen LogP contribution in [0.1, 0.15) is 86.7 Å². The summed E-state index contributed by atoms with van der Waals surface area (Å²) < 4.78 is 0. The van der Waals surface area contributed by atoms with Gasteiger partial charge in [-0.15, -0.1) is 0 Å². The molecule has 204 valence electrons. The van der Waals surface area contributed by atoms with Gasteiger partial charge >= 0.3 is 0 Å². The molecule has 9 heteroatoms. The maximum absolute atomic E-state index is 11.6. The highest BCUT2D eigenvalue weighted by atomic mass is 16.3. The summed E-state index contributed by atoms with van der Waals surface area (Å²) in [7, 11) is 5.23. The molecule has 3 aliphatic rings. The number of amides is 3. The van der Waals surface area contributed by atoms with Gasteiger partial charge in [0.2, 0.25) is 0 Å². The molecule has 3 heterocycles. The van der Waals surface area contributed by atoms with Gasteiger partial charge in [-0.3, -0.25) is 14.4 Å². The largest absolute Gasteiger partial charge is 0.507 e. The molecule has 3 atom stereocenters. The lowest BCUT2D eigenvalue weighted by atomic mass is 10.1. The lowest BCUT2D eigenvalue weighted by molar-refractivity contribution is 0.0774. The molecule has 3 N–H and O–H groups in total. The summed E-state index contributed by atoms with van der Waals surface area (Å²) in [4.78, 5) is 39.7. The number of phenolic OH excluding ortho intramolecular Hbond substituents is 3. The second-order valence-corrected chi connectivity index (χ2v) is 10.0. The lowest BCUT2D eigenvalue weighted by Gasteiger charge is -2.14. The van der Waals surface area contributed by atoms with Gasteiger partial charge in [-0.2, -0.15) is 0 Å². The Hall–Kier alpha value is -4.53. The van der Waals surface area contributed by atoms with Crippen molar-refractivity contribution in [2.75, 3.05) is 21.1 Å². The molecule has 3 aromatic carbocycles. The van der Waals surface area contributed by atoms with Crippen molar-refractivity contribution in [2.45, 2.75) is 38.9 Å².